The third kappa shape index (κ3) is 5.42. The summed E-state index contributed by atoms with van der Waals surface area (Å²) in [7, 11) is 0. The van der Waals surface area contributed by atoms with Crippen LogP contribution in [0, 0.1) is 0 Å². The Kier molecular flexibility index (Phi) is 7.39. The zero-order valence-corrected chi connectivity index (χ0v) is 18.7. The molecule has 2 amide bonds. The number of hydrogen-bond acceptors (Lipinski definition) is 5. The minimum absolute atomic E-state index is 0.245. The monoisotopic (exact) mass is 475 g/mol. The van der Waals surface area contributed by atoms with E-state index in [0.717, 1.165) is 33.8 Å². The molecular weight excluding hydrogens is 454 g/mol. The Hall–Kier alpha value is -2.25. The number of amides is 2. The van der Waals surface area contributed by atoms with Crippen molar-refractivity contribution in [3.05, 3.63) is 63.0 Å². The predicted octanol–water partition coefficient (Wildman–Crippen LogP) is 5.87. The number of carbonyl (C=O) groups is 2. The highest BCUT2D eigenvalue weighted by atomic mass is 79.9. The van der Waals surface area contributed by atoms with Crippen LogP contribution in [-0.2, 0) is 11.3 Å². The topological polar surface area (TPSA) is 55.8 Å². The lowest BCUT2D eigenvalue weighted by Crippen LogP contribution is -2.27. The van der Waals surface area contributed by atoms with Crippen molar-refractivity contribution in [1.82, 2.24) is 4.90 Å². The fraction of sp³-hybridized carbons (Fsp3) is 0.273. The number of halogens is 1. The summed E-state index contributed by atoms with van der Waals surface area (Å²) in [5, 5.41) is -0.269. The molecule has 2 aromatic rings. The normalized spacial score (nSPS) is 15.3. The lowest BCUT2D eigenvalue weighted by molar-refractivity contribution is -0.123. The number of imide groups is 1. The number of hydrogen-bond donors (Lipinski definition) is 0. The summed E-state index contributed by atoms with van der Waals surface area (Å²) in [4.78, 5) is 26.8. The van der Waals surface area contributed by atoms with Crippen LogP contribution in [0.25, 0.3) is 6.08 Å². The van der Waals surface area contributed by atoms with E-state index < -0.39 is 0 Å². The van der Waals surface area contributed by atoms with Crippen LogP contribution in [0.4, 0.5) is 4.79 Å². The first kappa shape index (κ1) is 21.5. The van der Waals surface area contributed by atoms with Gasteiger partial charge < -0.3 is 9.47 Å². The maximum Gasteiger partial charge on any atom is 0.293 e. The van der Waals surface area contributed by atoms with Crippen LogP contribution in [0.2, 0.25) is 0 Å². The highest BCUT2D eigenvalue weighted by molar-refractivity contribution is 9.10. The molecule has 0 saturated carbocycles. The number of nitrogens with zero attached hydrogens (tertiary/aromatic N) is 1. The van der Waals surface area contributed by atoms with Gasteiger partial charge in [-0.05, 0) is 66.6 Å². The van der Waals surface area contributed by atoms with Gasteiger partial charge in [-0.15, -0.1) is 0 Å². The third-order valence-corrected chi connectivity index (χ3v) is 5.53. The van der Waals surface area contributed by atoms with Crippen molar-refractivity contribution >= 4 is 44.9 Å². The molecule has 1 aliphatic rings. The van der Waals surface area contributed by atoms with E-state index >= 15 is 0 Å². The smallest absolute Gasteiger partial charge is 0.293 e. The first-order valence-corrected chi connectivity index (χ1v) is 11.0. The second-order valence-corrected chi connectivity index (χ2v) is 8.29. The van der Waals surface area contributed by atoms with Gasteiger partial charge in [-0.1, -0.05) is 41.1 Å². The van der Waals surface area contributed by atoms with E-state index in [1.807, 2.05) is 56.3 Å². The van der Waals surface area contributed by atoms with Crippen molar-refractivity contribution < 1.29 is 19.1 Å². The summed E-state index contributed by atoms with van der Waals surface area (Å²) < 4.78 is 12.3. The molecule has 1 aliphatic heterocycles. The molecule has 0 bridgehead atoms. The van der Waals surface area contributed by atoms with Crippen LogP contribution < -0.4 is 9.47 Å². The SMILES string of the molecule is CCCOc1ccc(/C=C2\SC(=O)N(Cc3cccc(Br)c3)C2=O)cc1OCC. The summed E-state index contributed by atoms with van der Waals surface area (Å²) in [6, 6.07) is 13.1. The molecule has 0 spiro atoms. The van der Waals surface area contributed by atoms with Gasteiger partial charge in [0.2, 0.25) is 0 Å². The van der Waals surface area contributed by atoms with E-state index in [0.29, 0.717) is 29.6 Å². The second kappa shape index (κ2) is 9.98. The van der Waals surface area contributed by atoms with Crippen LogP contribution >= 0.6 is 27.7 Å². The molecule has 0 aliphatic carbocycles. The molecule has 0 aromatic heterocycles. The van der Waals surface area contributed by atoms with Crippen molar-refractivity contribution in [1.29, 1.82) is 0 Å². The first-order valence-electron chi connectivity index (χ1n) is 9.41. The summed E-state index contributed by atoms with van der Waals surface area (Å²) in [5.41, 5.74) is 1.67. The van der Waals surface area contributed by atoms with Crippen molar-refractivity contribution in [2.24, 2.45) is 0 Å². The van der Waals surface area contributed by atoms with Crippen molar-refractivity contribution in [2.75, 3.05) is 13.2 Å². The zero-order valence-electron chi connectivity index (χ0n) is 16.3. The molecule has 7 heteroatoms. The van der Waals surface area contributed by atoms with Gasteiger partial charge in [-0.2, -0.15) is 0 Å². The third-order valence-electron chi connectivity index (χ3n) is 4.13. The zero-order chi connectivity index (χ0) is 20.8. The molecule has 152 valence electrons. The van der Waals surface area contributed by atoms with Gasteiger partial charge >= 0.3 is 0 Å². The summed E-state index contributed by atoms with van der Waals surface area (Å²) >= 11 is 4.36. The summed E-state index contributed by atoms with van der Waals surface area (Å²) in [6.07, 6.45) is 2.62. The minimum atomic E-state index is -0.288. The Balaban J connectivity index is 1.80. The molecule has 0 unspecified atom stereocenters. The van der Waals surface area contributed by atoms with E-state index in [2.05, 4.69) is 15.9 Å². The number of thioether (sulfide) groups is 1. The Morgan fingerprint density at radius 3 is 2.62 bits per heavy atom. The molecule has 1 saturated heterocycles. The number of benzene rings is 2. The van der Waals surface area contributed by atoms with Gasteiger partial charge in [0.15, 0.2) is 11.5 Å². The lowest BCUT2D eigenvalue weighted by Gasteiger charge is -2.13. The molecule has 0 radical (unpaired) electrons. The van der Waals surface area contributed by atoms with E-state index in [1.165, 1.54) is 4.90 Å². The number of ether oxygens (including phenoxy) is 2. The predicted molar refractivity (Wildman–Crippen MR) is 119 cm³/mol. The fourth-order valence-electron chi connectivity index (χ4n) is 2.82. The average molecular weight is 476 g/mol. The van der Waals surface area contributed by atoms with Crippen molar-refractivity contribution in [3.63, 3.8) is 0 Å². The Labute approximate surface area is 183 Å². The van der Waals surface area contributed by atoms with E-state index in [4.69, 9.17) is 9.47 Å². The molecule has 0 N–H and O–H groups in total. The Bertz CT molecular complexity index is 944. The molecule has 29 heavy (non-hydrogen) atoms. The second-order valence-electron chi connectivity index (χ2n) is 6.39. The van der Waals surface area contributed by atoms with Gasteiger partial charge in [-0.3, -0.25) is 14.5 Å². The molecule has 0 atom stereocenters. The standard InChI is InChI=1S/C22H22BrNO4S/c1-3-10-28-18-9-8-15(12-19(18)27-4-2)13-20-21(25)24(22(26)29-20)14-16-6-5-7-17(23)11-16/h5-9,11-13H,3-4,10,14H2,1-2H3/b20-13-. The maximum atomic E-state index is 12.8. The highest BCUT2D eigenvalue weighted by Crippen LogP contribution is 2.35. The molecule has 3 rings (SSSR count). The average Bonchev–Trinajstić information content (AvgIpc) is 2.95. The van der Waals surface area contributed by atoms with Gasteiger partial charge in [-0.25, -0.2) is 0 Å². The number of carbonyl (C=O) groups excluding carboxylic acids is 2. The quantitative estimate of drug-likeness (QED) is 0.446. The van der Waals surface area contributed by atoms with Gasteiger partial charge in [0.1, 0.15) is 0 Å². The largest absolute Gasteiger partial charge is 0.490 e. The molecule has 5 nitrogen and oxygen atoms in total. The molecule has 2 aromatic carbocycles. The maximum absolute atomic E-state index is 12.8. The summed E-state index contributed by atoms with van der Waals surface area (Å²) in [6.45, 7) is 5.31. The van der Waals surface area contributed by atoms with Gasteiger partial charge in [0.25, 0.3) is 11.1 Å². The number of rotatable bonds is 8. The fourth-order valence-corrected chi connectivity index (χ4v) is 4.10. The van der Waals surface area contributed by atoms with Gasteiger partial charge in [0, 0.05) is 4.47 Å². The minimum Gasteiger partial charge on any atom is -0.490 e. The van der Waals surface area contributed by atoms with Gasteiger partial charge in [0.05, 0.1) is 24.7 Å². The molecule has 1 fully saturated rings. The van der Waals surface area contributed by atoms with Crippen LogP contribution in [-0.4, -0.2) is 29.3 Å². The van der Waals surface area contributed by atoms with E-state index in [1.54, 1.807) is 6.08 Å². The first-order chi connectivity index (χ1) is 14.0. The van der Waals surface area contributed by atoms with Crippen LogP contribution in [0.1, 0.15) is 31.4 Å². The van der Waals surface area contributed by atoms with Crippen LogP contribution in [0.15, 0.2) is 51.8 Å². The Morgan fingerprint density at radius 1 is 1.07 bits per heavy atom. The van der Waals surface area contributed by atoms with Crippen LogP contribution in [0.3, 0.4) is 0 Å². The lowest BCUT2D eigenvalue weighted by atomic mass is 10.1. The van der Waals surface area contributed by atoms with E-state index in [-0.39, 0.29) is 17.7 Å². The van der Waals surface area contributed by atoms with Crippen LogP contribution in [0.5, 0.6) is 11.5 Å². The van der Waals surface area contributed by atoms with E-state index in [9.17, 15) is 9.59 Å². The molecular formula is C22H22BrNO4S. The van der Waals surface area contributed by atoms with Crippen molar-refractivity contribution in [2.45, 2.75) is 26.8 Å². The highest BCUT2D eigenvalue weighted by Gasteiger charge is 2.35. The van der Waals surface area contributed by atoms with Crippen molar-refractivity contribution in [3.8, 4) is 11.5 Å². The Morgan fingerprint density at radius 2 is 1.90 bits per heavy atom. The molecule has 1 heterocycles. The summed E-state index contributed by atoms with van der Waals surface area (Å²) in [5.74, 6) is 1.01.